The van der Waals surface area contributed by atoms with Crippen LogP contribution in [0.15, 0.2) is 0 Å². The Hall–Kier alpha value is -0.120. The van der Waals surface area contributed by atoms with Crippen molar-refractivity contribution in [3.63, 3.8) is 0 Å². The van der Waals surface area contributed by atoms with Gasteiger partial charge in [-0.15, -0.1) is 0 Å². The van der Waals surface area contributed by atoms with E-state index in [1.165, 1.54) is 45.4 Å². The van der Waals surface area contributed by atoms with Crippen LogP contribution in [0.2, 0.25) is 0 Å². The van der Waals surface area contributed by atoms with E-state index in [0.29, 0.717) is 5.41 Å². The molecule has 0 aromatic rings. The van der Waals surface area contributed by atoms with Crippen molar-refractivity contribution in [3.8, 4) is 0 Å². The van der Waals surface area contributed by atoms with Crippen LogP contribution >= 0.6 is 0 Å². The summed E-state index contributed by atoms with van der Waals surface area (Å²) in [6.45, 7) is 5.90. The number of hydrogen-bond donors (Lipinski definition) is 1. The van der Waals surface area contributed by atoms with Crippen LogP contribution in [0.25, 0.3) is 0 Å². The van der Waals surface area contributed by atoms with Crippen molar-refractivity contribution in [1.29, 1.82) is 0 Å². The van der Waals surface area contributed by atoms with Crippen molar-refractivity contribution in [3.05, 3.63) is 0 Å². The summed E-state index contributed by atoms with van der Waals surface area (Å²) in [7, 11) is 4.48. The molecule has 1 aliphatic heterocycles. The van der Waals surface area contributed by atoms with Crippen molar-refractivity contribution in [1.82, 2.24) is 9.80 Å². The van der Waals surface area contributed by atoms with Gasteiger partial charge in [-0.05, 0) is 57.8 Å². The predicted octanol–water partition coefficient (Wildman–Crippen LogP) is 0.609. The van der Waals surface area contributed by atoms with Gasteiger partial charge in [-0.1, -0.05) is 0 Å². The Balaban J connectivity index is 1.70. The molecule has 1 atom stereocenters. The van der Waals surface area contributed by atoms with Gasteiger partial charge in [0.1, 0.15) is 0 Å². The maximum Gasteiger partial charge on any atom is 0.00471 e. The van der Waals surface area contributed by atoms with Gasteiger partial charge >= 0.3 is 0 Å². The van der Waals surface area contributed by atoms with E-state index in [1.807, 2.05) is 0 Å². The molecule has 2 aliphatic rings. The molecule has 88 valence electrons. The molecule has 15 heavy (non-hydrogen) atoms. The predicted molar refractivity (Wildman–Crippen MR) is 63.8 cm³/mol. The highest BCUT2D eigenvalue weighted by Gasteiger charge is 2.42. The Labute approximate surface area is 93.6 Å². The van der Waals surface area contributed by atoms with Gasteiger partial charge in [0.05, 0.1) is 0 Å². The number of hydrogen-bond acceptors (Lipinski definition) is 3. The van der Waals surface area contributed by atoms with E-state index in [-0.39, 0.29) is 0 Å². The van der Waals surface area contributed by atoms with E-state index in [4.69, 9.17) is 5.73 Å². The Kier molecular flexibility index (Phi) is 3.33. The fraction of sp³-hybridized carbons (Fsp3) is 1.00. The Bertz CT molecular complexity index is 213. The Morgan fingerprint density at radius 3 is 2.67 bits per heavy atom. The first-order valence-electron chi connectivity index (χ1n) is 6.21. The van der Waals surface area contributed by atoms with Gasteiger partial charge < -0.3 is 15.5 Å². The monoisotopic (exact) mass is 211 g/mol. The molecular weight excluding hydrogens is 186 g/mol. The molecule has 3 heteroatoms. The third-order valence-corrected chi connectivity index (χ3v) is 4.05. The molecule has 0 spiro atoms. The molecule has 1 saturated carbocycles. The fourth-order valence-electron chi connectivity index (χ4n) is 2.86. The molecule has 1 heterocycles. The van der Waals surface area contributed by atoms with Gasteiger partial charge in [-0.25, -0.2) is 0 Å². The van der Waals surface area contributed by atoms with Gasteiger partial charge in [0, 0.05) is 19.6 Å². The molecule has 2 rings (SSSR count). The lowest BCUT2D eigenvalue weighted by atomic mass is 10.1. The molecule has 2 N–H and O–H groups in total. The Morgan fingerprint density at radius 1 is 1.47 bits per heavy atom. The first-order chi connectivity index (χ1) is 7.13. The topological polar surface area (TPSA) is 32.5 Å². The molecule has 1 aliphatic carbocycles. The number of nitrogens with zero attached hydrogens (tertiary/aromatic N) is 2. The van der Waals surface area contributed by atoms with Crippen LogP contribution in [0.1, 0.15) is 19.3 Å². The van der Waals surface area contributed by atoms with Gasteiger partial charge in [-0.3, -0.25) is 0 Å². The second-order valence-electron chi connectivity index (χ2n) is 5.82. The van der Waals surface area contributed by atoms with Crippen LogP contribution in [0.4, 0.5) is 0 Å². The lowest BCUT2D eigenvalue weighted by Crippen LogP contribution is -2.35. The molecule has 0 aromatic heterocycles. The molecular formula is C12H25N3. The quantitative estimate of drug-likeness (QED) is 0.723. The molecule has 2 fully saturated rings. The second kappa shape index (κ2) is 4.40. The van der Waals surface area contributed by atoms with Gasteiger partial charge in [-0.2, -0.15) is 0 Å². The van der Waals surface area contributed by atoms with Gasteiger partial charge in [0.25, 0.3) is 0 Å². The van der Waals surface area contributed by atoms with Crippen LogP contribution in [0.5, 0.6) is 0 Å². The number of nitrogens with two attached hydrogens (primary N) is 1. The molecule has 0 amide bonds. The summed E-state index contributed by atoms with van der Waals surface area (Å²) in [6, 6.07) is 0. The lowest BCUT2D eigenvalue weighted by molar-refractivity contribution is 0.229. The van der Waals surface area contributed by atoms with E-state index in [9.17, 15) is 0 Å². The minimum absolute atomic E-state index is 0.499. The normalized spacial score (nSPS) is 30.0. The highest BCUT2D eigenvalue weighted by atomic mass is 15.2. The number of rotatable bonds is 5. The molecule has 1 saturated heterocycles. The van der Waals surface area contributed by atoms with E-state index < -0.39 is 0 Å². The number of likely N-dealkylation sites (tertiary alicyclic amines) is 1. The molecule has 1 unspecified atom stereocenters. The van der Waals surface area contributed by atoms with E-state index in [0.717, 1.165) is 12.5 Å². The standard InChI is InChI=1S/C12H25N3/c1-14-6-3-11(7-14)8-15(2)10-12(9-13)4-5-12/h11H,3-10,13H2,1-2H3. The molecule has 0 radical (unpaired) electrons. The first kappa shape index (κ1) is 11.4. The van der Waals surface area contributed by atoms with Crippen molar-refractivity contribution in [2.75, 3.05) is 46.8 Å². The third kappa shape index (κ3) is 2.92. The van der Waals surface area contributed by atoms with Gasteiger partial charge in [0.15, 0.2) is 0 Å². The van der Waals surface area contributed by atoms with E-state index in [2.05, 4.69) is 23.9 Å². The summed E-state index contributed by atoms with van der Waals surface area (Å²) >= 11 is 0. The second-order valence-corrected chi connectivity index (χ2v) is 5.82. The van der Waals surface area contributed by atoms with Crippen LogP contribution in [-0.4, -0.2) is 56.6 Å². The summed E-state index contributed by atoms with van der Waals surface area (Å²) in [4.78, 5) is 4.94. The maximum atomic E-state index is 5.81. The smallest absolute Gasteiger partial charge is 0.00471 e. The SMILES string of the molecule is CN1CCC(CN(C)CC2(CN)CC2)C1. The largest absolute Gasteiger partial charge is 0.330 e. The van der Waals surface area contributed by atoms with E-state index >= 15 is 0 Å². The van der Waals surface area contributed by atoms with Crippen LogP contribution < -0.4 is 5.73 Å². The fourth-order valence-corrected chi connectivity index (χ4v) is 2.86. The van der Waals surface area contributed by atoms with Crippen molar-refractivity contribution in [2.24, 2.45) is 17.1 Å². The van der Waals surface area contributed by atoms with Crippen molar-refractivity contribution < 1.29 is 0 Å². The van der Waals surface area contributed by atoms with Crippen molar-refractivity contribution >= 4 is 0 Å². The minimum atomic E-state index is 0.499. The maximum absolute atomic E-state index is 5.81. The zero-order valence-corrected chi connectivity index (χ0v) is 10.2. The summed E-state index contributed by atoms with van der Waals surface area (Å²) in [5.41, 5.74) is 6.31. The van der Waals surface area contributed by atoms with Crippen LogP contribution in [0, 0.1) is 11.3 Å². The first-order valence-corrected chi connectivity index (χ1v) is 6.21. The van der Waals surface area contributed by atoms with Crippen LogP contribution in [0.3, 0.4) is 0 Å². The van der Waals surface area contributed by atoms with Crippen molar-refractivity contribution in [2.45, 2.75) is 19.3 Å². The zero-order valence-electron chi connectivity index (χ0n) is 10.2. The molecule has 0 aromatic carbocycles. The minimum Gasteiger partial charge on any atom is -0.330 e. The summed E-state index contributed by atoms with van der Waals surface area (Å²) in [5.74, 6) is 0.883. The van der Waals surface area contributed by atoms with E-state index in [1.54, 1.807) is 0 Å². The van der Waals surface area contributed by atoms with Crippen LogP contribution in [-0.2, 0) is 0 Å². The summed E-state index contributed by atoms with van der Waals surface area (Å²) in [5, 5.41) is 0. The Morgan fingerprint density at radius 2 is 2.20 bits per heavy atom. The summed E-state index contributed by atoms with van der Waals surface area (Å²) < 4.78 is 0. The molecule has 0 bridgehead atoms. The zero-order chi connectivity index (χ0) is 10.9. The van der Waals surface area contributed by atoms with Gasteiger partial charge in [0.2, 0.25) is 0 Å². The molecule has 3 nitrogen and oxygen atoms in total. The summed E-state index contributed by atoms with van der Waals surface area (Å²) in [6.07, 6.45) is 4.06. The average Bonchev–Trinajstić information content (AvgIpc) is 2.84. The highest BCUT2D eigenvalue weighted by Crippen LogP contribution is 2.44. The highest BCUT2D eigenvalue weighted by molar-refractivity contribution is 4.96. The average molecular weight is 211 g/mol. The lowest BCUT2D eigenvalue weighted by Gasteiger charge is -2.25. The third-order valence-electron chi connectivity index (χ3n) is 4.05.